The van der Waals surface area contributed by atoms with E-state index in [0.29, 0.717) is 38.8 Å². The van der Waals surface area contributed by atoms with E-state index in [9.17, 15) is 19.2 Å². The maximum atomic E-state index is 12.9. The number of nitrogens with one attached hydrogen (secondary N) is 2. The number of hydrogen-bond donors (Lipinski definition) is 2. The molecule has 3 heterocycles. The summed E-state index contributed by atoms with van der Waals surface area (Å²) in [7, 11) is 0. The second-order valence-electron chi connectivity index (χ2n) is 10.1. The van der Waals surface area contributed by atoms with Gasteiger partial charge >= 0.3 is 12.1 Å². The van der Waals surface area contributed by atoms with E-state index in [-0.39, 0.29) is 18.7 Å². The van der Waals surface area contributed by atoms with Crippen LogP contribution < -0.4 is 10.9 Å². The summed E-state index contributed by atoms with van der Waals surface area (Å²) in [6.07, 6.45) is 1.65. The van der Waals surface area contributed by atoms with E-state index in [2.05, 4.69) is 10.9 Å². The first-order valence-corrected chi connectivity index (χ1v) is 12.0. The predicted octanol–water partition coefficient (Wildman–Crippen LogP) is 1.93. The van der Waals surface area contributed by atoms with Crippen molar-refractivity contribution >= 4 is 23.9 Å². The summed E-state index contributed by atoms with van der Waals surface area (Å²) in [5.74, 6) is -0.965. The molecule has 0 aliphatic carbocycles. The van der Waals surface area contributed by atoms with Crippen LogP contribution in [0, 0.1) is 0 Å². The maximum Gasteiger partial charge on any atom is 0.410 e. The lowest BCUT2D eigenvalue weighted by atomic mass is 10.0. The molecule has 2 bridgehead atoms. The number of nitrogens with zero attached hydrogens (tertiary/aromatic N) is 3. The molecule has 5 amide bonds. The zero-order chi connectivity index (χ0) is 25.2. The van der Waals surface area contributed by atoms with E-state index in [1.807, 2.05) is 30.3 Å². The van der Waals surface area contributed by atoms with Crippen LogP contribution in [0.1, 0.15) is 52.0 Å². The van der Waals surface area contributed by atoms with Crippen molar-refractivity contribution < 1.29 is 28.8 Å². The number of carbonyl (C=O) groups is 4. The average molecular weight is 488 g/mol. The summed E-state index contributed by atoms with van der Waals surface area (Å²) in [5, 5.41) is 1.36. The summed E-state index contributed by atoms with van der Waals surface area (Å²) in [6, 6.07) is 7.63. The zero-order valence-electron chi connectivity index (χ0n) is 20.4. The monoisotopic (exact) mass is 487 g/mol. The molecule has 11 heteroatoms. The molecule has 4 rings (SSSR count). The minimum Gasteiger partial charge on any atom is -0.444 e. The number of hydrazine groups is 1. The molecule has 3 aliphatic rings. The third-order valence-corrected chi connectivity index (χ3v) is 6.33. The number of fused-ring (bicyclic) bond motifs is 2. The molecule has 0 aromatic heterocycles. The smallest absolute Gasteiger partial charge is 0.410 e. The highest BCUT2D eigenvalue weighted by molar-refractivity contribution is 5.91. The molecule has 0 saturated carbocycles. The highest BCUT2D eigenvalue weighted by Crippen LogP contribution is 2.30. The largest absolute Gasteiger partial charge is 0.444 e. The molecule has 1 aromatic rings. The normalized spacial score (nSPS) is 23.9. The molecule has 1 aromatic carbocycles. The zero-order valence-corrected chi connectivity index (χ0v) is 20.4. The number of hydroxylamine groups is 2. The van der Waals surface area contributed by atoms with E-state index in [1.54, 1.807) is 20.8 Å². The van der Waals surface area contributed by atoms with Crippen molar-refractivity contribution in [1.29, 1.82) is 0 Å². The van der Waals surface area contributed by atoms with Gasteiger partial charge in [-0.3, -0.25) is 30.2 Å². The van der Waals surface area contributed by atoms with Gasteiger partial charge in [-0.15, -0.1) is 0 Å². The summed E-state index contributed by atoms with van der Waals surface area (Å²) >= 11 is 0. The van der Waals surface area contributed by atoms with Crippen LogP contribution in [0.4, 0.5) is 9.59 Å². The maximum absolute atomic E-state index is 12.9. The van der Waals surface area contributed by atoms with Gasteiger partial charge in [0.1, 0.15) is 24.3 Å². The van der Waals surface area contributed by atoms with E-state index < -0.39 is 35.6 Å². The quantitative estimate of drug-likeness (QED) is 0.613. The first-order chi connectivity index (χ1) is 16.6. The Hall–Kier alpha value is -3.34. The summed E-state index contributed by atoms with van der Waals surface area (Å²) in [4.78, 5) is 59.5. The van der Waals surface area contributed by atoms with Crippen molar-refractivity contribution in [2.45, 2.75) is 76.8 Å². The molecule has 3 saturated heterocycles. The minimum absolute atomic E-state index is 0.120. The van der Waals surface area contributed by atoms with Gasteiger partial charge in [-0.1, -0.05) is 30.3 Å². The Bertz CT molecular complexity index is 965. The van der Waals surface area contributed by atoms with Crippen LogP contribution in [0.2, 0.25) is 0 Å². The summed E-state index contributed by atoms with van der Waals surface area (Å²) in [5.41, 5.74) is 5.15. The number of hydrogen-bond acceptors (Lipinski definition) is 6. The summed E-state index contributed by atoms with van der Waals surface area (Å²) < 4.78 is 5.38. The molecule has 0 unspecified atom stereocenters. The molecule has 11 nitrogen and oxygen atoms in total. The van der Waals surface area contributed by atoms with Gasteiger partial charge < -0.3 is 9.64 Å². The SMILES string of the molecule is CC(C)(C)OC(=O)N1CCC[C@H]1C(=O)NNC(=O)[C@H]1CC[C@@H]2CN1C(=O)N2OCc1ccccc1. The summed E-state index contributed by atoms with van der Waals surface area (Å²) in [6.45, 7) is 6.34. The molecule has 3 fully saturated rings. The highest BCUT2D eigenvalue weighted by Gasteiger charge is 2.48. The van der Waals surface area contributed by atoms with Crippen molar-refractivity contribution in [3.63, 3.8) is 0 Å². The number of amides is 5. The number of carbonyl (C=O) groups excluding carboxylic acids is 4. The van der Waals surface area contributed by atoms with Gasteiger partial charge in [0.25, 0.3) is 11.8 Å². The highest BCUT2D eigenvalue weighted by atomic mass is 16.7. The van der Waals surface area contributed by atoms with Gasteiger partial charge in [-0.25, -0.2) is 9.59 Å². The molecule has 2 N–H and O–H groups in total. The number of piperidine rings is 1. The second kappa shape index (κ2) is 10.1. The van der Waals surface area contributed by atoms with Crippen LogP contribution in [0.5, 0.6) is 0 Å². The Morgan fingerprint density at radius 1 is 1.00 bits per heavy atom. The third kappa shape index (κ3) is 5.67. The lowest BCUT2D eigenvalue weighted by Gasteiger charge is -2.30. The van der Waals surface area contributed by atoms with Crippen molar-refractivity contribution in [2.75, 3.05) is 13.1 Å². The fraction of sp³-hybridized carbons (Fsp3) is 0.583. The Labute approximate surface area is 204 Å². The van der Waals surface area contributed by atoms with Crippen molar-refractivity contribution in [1.82, 2.24) is 25.7 Å². The van der Waals surface area contributed by atoms with Crippen molar-refractivity contribution in [2.24, 2.45) is 0 Å². The number of rotatable bonds is 5. The molecule has 3 aliphatic heterocycles. The van der Waals surface area contributed by atoms with E-state index in [1.165, 1.54) is 14.9 Å². The van der Waals surface area contributed by atoms with E-state index in [4.69, 9.17) is 9.57 Å². The van der Waals surface area contributed by atoms with Crippen LogP contribution >= 0.6 is 0 Å². The van der Waals surface area contributed by atoms with E-state index in [0.717, 1.165) is 5.56 Å². The topological polar surface area (TPSA) is 121 Å². The Balaban J connectivity index is 1.29. The average Bonchev–Trinajstić information content (AvgIpc) is 3.40. The van der Waals surface area contributed by atoms with Gasteiger partial charge in [0, 0.05) is 13.1 Å². The van der Waals surface area contributed by atoms with Gasteiger partial charge in [0.2, 0.25) is 0 Å². The molecular weight excluding hydrogens is 454 g/mol. The van der Waals surface area contributed by atoms with Crippen LogP contribution in [0.15, 0.2) is 30.3 Å². The number of urea groups is 1. The number of ether oxygens (including phenoxy) is 1. The molecule has 0 spiro atoms. The Morgan fingerprint density at radius 2 is 1.69 bits per heavy atom. The lowest BCUT2D eigenvalue weighted by Crippen LogP contribution is -2.57. The first-order valence-electron chi connectivity index (χ1n) is 12.0. The van der Waals surface area contributed by atoms with Gasteiger partial charge in [-0.2, -0.15) is 5.06 Å². The van der Waals surface area contributed by atoms with Gasteiger partial charge in [0.05, 0.1) is 6.04 Å². The van der Waals surface area contributed by atoms with Crippen LogP contribution in [-0.4, -0.2) is 75.6 Å². The fourth-order valence-corrected chi connectivity index (χ4v) is 4.66. The number of likely N-dealkylation sites (tertiary alicyclic amines) is 1. The van der Waals surface area contributed by atoms with Crippen LogP contribution in [0.25, 0.3) is 0 Å². The standard InChI is InChI=1S/C24H33N5O6/c1-24(2,3)35-23(33)27-13-7-10-18(27)20(30)25-26-21(31)19-12-11-17-14-28(19)22(32)29(17)34-15-16-8-5-4-6-9-16/h4-6,8-9,17-19H,7,10-15H2,1-3H3,(H,25,30)(H,26,31)/t17-,18+,19-/m1/s1. The van der Waals surface area contributed by atoms with E-state index >= 15 is 0 Å². The predicted molar refractivity (Wildman–Crippen MR) is 124 cm³/mol. The van der Waals surface area contributed by atoms with Crippen LogP contribution in [-0.2, 0) is 25.8 Å². The fourth-order valence-electron chi connectivity index (χ4n) is 4.66. The third-order valence-electron chi connectivity index (χ3n) is 6.33. The molecule has 0 radical (unpaired) electrons. The minimum atomic E-state index is -0.726. The molecular formula is C24H33N5O6. The first kappa shape index (κ1) is 24.8. The van der Waals surface area contributed by atoms with Crippen molar-refractivity contribution in [3.05, 3.63) is 35.9 Å². The number of benzene rings is 1. The van der Waals surface area contributed by atoms with Crippen LogP contribution in [0.3, 0.4) is 0 Å². The van der Waals surface area contributed by atoms with Gasteiger partial charge in [0.15, 0.2) is 0 Å². The Morgan fingerprint density at radius 3 is 2.37 bits per heavy atom. The lowest BCUT2D eigenvalue weighted by molar-refractivity contribution is -0.140. The molecule has 3 atom stereocenters. The van der Waals surface area contributed by atoms with Gasteiger partial charge in [-0.05, 0) is 52.0 Å². The Kier molecular flexibility index (Phi) is 7.15. The second-order valence-corrected chi connectivity index (χ2v) is 10.1. The molecule has 190 valence electrons. The molecule has 35 heavy (non-hydrogen) atoms. The van der Waals surface area contributed by atoms with Crippen molar-refractivity contribution in [3.8, 4) is 0 Å².